The van der Waals surface area contributed by atoms with Crippen LogP contribution in [0.2, 0.25) is 0 Å². The molecule has 33 heavy (non-hydrogen) atoms. The summed E-state index contributed by atoms with van der Waals surface area (Å²) in [5.41, 5.74) is 8.04. The van der Waals surface area contributed by atoms with Crippen molar-refractivity contribution in [3.63, 3.8) is 0 Å². The van der Waals surface area contributed by atoms with E-state index in [2.05, 4.69) is 104 Å². The average Bonchev–Trinajstić information content (AvgIpc) is 2.79. The molecule has 3 aromatic rings. The third-order valence-corrected chi connectivity index (χ3v) is 5.95. The molecule has 0 fully saturated rings. The van der Waals surface area contributed by atoms with Crippen LogP contribution in [0.3, 0.4) is 0 Å². The van der Waals surface area contributed by atoms with Gasteiger partial charge in [0.05, 0.1) is 6.54 Å². The van der Waals surface area contributed by atoms with Crippen LogP contribution in [0.5, 0.6) is 0 Å². The zero-order chi connectivity index (χ0) is 24.0. The van der Waals surface area contributed by atoms with Crippen LogP contribution in [-0.2, 0) is 11.3 Å². The molecule has 1 amide bonds. The third-order valence-electron chi connectivity index (χ3n) is 5.95. The van der Waals surface area contributed by atoms with Crippen LogP contribution in [0.15, 0.2) is 66.7 Å². The highest BCUT2D eigenvalue weighted by molar-refractivity contribution is 5.94. The van der Waals surface area contributed by atoms with Gasteiger partial charge in [0.2, 0.25) is 5.91 Å². The Morgan fingerprint density at radius 1 is 0.818 bits per heavy atom. The van der Waals surface area contributed by atoms with Gasteiger partial charge in [-0.05, 0) is 51.8 Å². The summed E-state index contributed by atoms with van der Waals surface area (Å²) in [6.45, 7) is 9.54. The summed E-state index contributed by atoms with van der Waals surface area (Å²) in [4.78, 5) is 14.9. The second kappa shape index (κ2) is 11.2. The second-order valence-corrected chi connectivity index (χ2v) is 9.37. The molecule has 0 aliphatic rings. The predicted molar refractivity (Wildman–Crippen MR) is 141 cm³/mol. The van der Waals surface area contributed by atoms with Gasteiger partial charge in [0.1, 0.15) is 0 Å². The average molecular weight is 444 g/mol. The maximum Gasteiger partial charge on any atom is 0.238 e. The fourth-order valence-corrected chi connectivity index (χ4v) is 4.08. The molecule has 2 N–H and O–H groups in total. The van der Waals surface area contributed by atoms with Gasteiger partial charge in [-0.1, -0.05) is 82.3 Å². The zero-order valence-electron chi connectivity index (χ0n) is 20.8. The summed E-state index contributed by atoms with van der Waals surface area (Å²) in [6, 6.07) is 23.2. The van der Waals surface area contributed by atoms with Crippen molar-refractivity contribution in [1.29, 1.82) is 0 Å². The number of carbonyl (C=O) groups excluding carboxylic acids is 1. The Labute approximate surface area is 199 Å². The smallest absolute Gasteiger partial charge is 0.238 e. The molecule has 0 unspecified atom stereocenters. The van der Waals surface area contributed by atoms with Gasteiger partial charge in [-0.2, -0.15) is 0 Å². The number of carbonyl (C=O) groups is 1. The fourth-order valence-electron chi connectivity index (χ4n) is 4.08. The molecule has 0 aliphatic heterocycles. The lowest BCUT2D eigenvalue weighted by molar-refractivity contribution is -0.115. The Hall–Kier alpha value is -3.11. The summed E-state index contributed by atoms with van der Waals surface area (Å²) in [7, 11) is 4.09. The summed E-state index contributed by atoms with van der Waals surface area (Å²) in [5, 5.41) is 6.52. The van der Waals surface area contributed by atoms with E-state index in [0.717, 1.165) is 5.69 Å². The van der Waals surface area contributed by atoms with Crippen LogP contribution in [0.25, 0.3) is 11.1 Å². The number of benzene rings is 3. The summed E-state index contributed by atoms with van der Waals surface area (Å²) < 4.78 is 0. The molecule has 0 atom stereocenters. The fraction of sp³-hybridized carbons (Fsp3) is 0.345. The van der Waals surface area contributed by atoms with E-state index in [0.29, 0.717) is 18.4 Å². The first-order valence-corrected chi connectivity index (χ1v) is 11.8. The van der Waals surface area contributed by atoms with Crippen molar-refractivity contribution in [1.82, 2.24) is 5.32 Å². The summed E-state index contributed by atoms with van der Waals surface area (Å²) >= 11 is 0. The quantitative estimate of drug-likeness (QED) is 0.402. The minimum absolute atomic E-state index is 0.0159. The molecule has 0 spiro atoms. The largest absolute Gasteiger partial charge is 0.378 e. The maximum atomic E-state index is 12.8. The Bertz CT molecular complexity index is 1040. The van der Waals surface area contributed by atoms with Gasteiger partial charge in [-0.15, -0.1) is 0 Å². The Balaban J connectivity index is 1.68. The molecule has 3 aromatic carbocycles. The van der Waals surface area contributed by atoms with Crippen molar-refractivity contribution in [3.05, 3.63) is 83.4 Å². The van der Waals surface area contributed by atoms with Crippen LogP contribution >= 0.6 is 0 Å². The van der Waals surface area contributed by atoms with E-state index >= 15 is 0 Å². The van der Waals surface area contributed by atoms with Crippen LogP contribution in [-0.4, -0.2) is 26.5 Å². The van der Waals surface area contributed by atoms with Crippen LogP contribution in [0.1, 0.15) is 56.2 Å². The van der Waals surface area contributed by atoms with Gasteiger partial charge in [0.25, 0.3) is 0 Å². The van der Waals surface area contributed by atoms with Gasteiger partial charge < -0.3 is 15.5 Å². The molecular weight excluding hydrogens is 406 g/mol. The minimum Gasteiger partial charge on any atom is -0.378 e. The normalized spacial score (nSPS) is 11.2. The molecule has 174 valence electrons. The first kappa shape index (κ1) is 24.5. The van der Waals surface area contributed by atoms with E-state index < -0.39 is 0 Å². The molecule has 0 aromatic heterocycles. The highest BCUT2D eigenvalue weighted by Crippen LogP contribution is 2.32. The van der Waals surface area contributed by atoms with Gasteiger partial charge in [-0.25, -0.2) is 0 Å². The first-order chi connectivity index (χ1) is 15.8. The number of para-hydroxylation sites is 1. The van der Waals surface area contributed by atoms with Crippen molar-refractivity contribution >= 4 is 17.3 Å². The Kier molecular flexibility index (Phi) is 8.29. The highest BCUT2D eigenvalue weighted by atomic mass is 16.1. The molecular formula is C29H37N3O. The van der Waals surface area contributed by atoms with E-state index in [1.807, 2.05) is 20.2 Å². The lowest BCUT2D eigenvalue weighted by Gasteiger charge is -2.20. The van der Waals surface area contributed by atoms with Gasteiger partial charge in [0.15, 0.2) is 0 Å². The van der Waals surface area contributed by atoms with E-state index in [1.54, 1.807) is 0 Å². The lowest BCUT2D eigenvalue weighted by atomic mass is 9.92. The molecule has 0 bridgehead atoms. The molecule has 0 heterocycles. The summed E-state index contributed by atoms with van der Waals surface area (Å²) in [6.07, 6.45) is 0. The second-order valence-electron chi connectivity index (χ2n) is 9.37. The number of anilines is 2. The summed E-state index contributed by atoms with van der Waals surface area (Å²) in [5.74, 6) is 0.674. The van der Waals surface area contributed by atoms with Crippen LogP contribution in [0, 0.1) is 0 Å². The SMILES string of the molecule is CC(C)c1cccc(C(C)C)c1NC(=O)CNCc1ccccc1-c1ccc(N(C)C)cc1. The first-order valence-electron chi connectivity index (χ1n) is 11.8. The molecule has 0 aliphatic carbocycles. The van der Waals surface area contributed by atoms with E-state index in [9.17, 15) is 4.79 Å². The number of hydrogen-bond acceptors (Lipinski definition) is 3. The zero-order valence-corrected chi connectivity index (χ0v) is 20.8. The van der Waals surface area contributed by atoms with Crippen molar-refractivity contribution in [3.8, 4) is 11.1 Å². The highest BCUT2D eigenvalue weighted by Gasteiger charge is 2.16. The number of nitrogens with one attached hydrogen (secondary N) is 2. The number of nitrogens with zero attached hydrogens (tertiary/aromatic N) is 1. The van der Waals surface area contributed by atoms with Gasteiger partial charge in [-0.3, -0.25) is 4.79 Å². The Morgan fingerprint density at radius 2 is 1.42 bits per heavy atom. The molecule has 0 radical (unpaired) electrons. The van der Waals surface area contributed by atoms with Crippen LogP contribution in [0.4, 0.5) is 11.4 Å². The predicted octanol–water partition coefficient (Wildman–Crippen LogP) is 6.39. The van der Waals surface area contributed by atoms with Crippen molar-refractivity contribution in [2.75, 3.05) is 30.9 Å². The van der Waals surface area contributed by atoms with E-state index in [4.69, 9.17) is 0 Å². The molecule has 0 saturated carbocycles. The lowest BCUT2D eigenvalue weighted by Crippen LogP contribution is -2.28. The standard InChI is InChI=1S/C29H37N3O/c1-20(2)25-12-9-13-26(21(3)4)29(25)31-28(33)19-30-18-23-10-7-8-11-27(23)22-14-16-24(17-15-22)32(5)6/h7-17,20-21,30H,18-19H2,1-6H3,(H,31,33). The van der Waals surface area contributed by atoms with E-state index in [-0.39, 0.29) is 12.5 Å². The molecule has 0 saturated heterocycles. The van der Waals surface area contributed by atoms with E-state index in [1.165, 1.54) is 33.5 Å². The van der Waals surface area contributed by atoms with Crippen molar-refractivity contribution < 1.29 is 4.79 Å². The third kappa shape index (κ3) is 6.23. The molecule has 3 rings (SSSR count). The van der Waals surface area contributed by atoms with Crippen molar-refractivity contribution in [2.24, 2.45) is 0 Å². The number of hydrogen-bond donors (Lipinski definition) is 2. The molecule has 4 nitrogen and oxygen atoms in total. The minimum atomic E-state index is -0.0159. The topological polar surface area (TPSA) is 44.4 Å². The Morgan fingerprint density at radius 3 is 2.00 bits per heavy atom. The maximum absolute atomic E-state index is 12.8. The van der Waals surface area contributed by atoms with Gasteiger partial charge >= 0.3 is 0 Å². The number of rotatable bonds is 9. The van der Waals surface area contributed by atoms with Crippen LogP contribution < -0.4 is 15.5 Å². The van der Waals surface area contributed by atoms with Crippen molar-refractivity contribution in [2.45, 2.75) is 46.1 Å². The number of amides is 1. The molecule has 4 heteroatoms. The van der Waals surface area contributed by atoms with Gasteiger partial charge in [0, 0.05) is 32.0 Å². The monoisotopic (exact) mass is 443 g/mol.